The Balaban J connectivity index is 2.22. The largest absolute Gasteiger partial charge is 0.477 e. The summed E-state index contributed by atoms with van der Waals surface area (Å²) in [6, 6.07) is 0. The number of aromatic nitrogens is 4. The van der Waals surface area contributed by atoms with Crippen LogP contribution in [0.1, 0.15) is 24.2 Å². The lowest BCUT2D eigenvalue weighted by atomic mass is 10.4. The summed E-state index contributed by atoms with van der Waals surface area (Å²) in [7, 11) is 0. The molecular weight excluding hydrogens is 248 g/mol. The number of rotatable bonds is 5. The van der Waals surface area contributed by atoms with Gasteiger partial charge in [0.1, 0.15) is 0 Å². The first kappa shape index (κ1) is 13.0. The maximum atomic E-state index is 11.5. The van der Waals surface area contributed by atoms with Gasteiger partial charge < -0.3 is 9.47 Å². The summed E-state index contributed by atoms with van der Waals surface area (Å²) in [5.41, 5.74) is 0.366. The predicted molar refractivity (Wildman–Crippen MR) is 66.3 cm³/mol. The molecule has 0 N–H and O–H groups in total. The summed E-state index contributed by atoms with van der Waals surface area (Å²) in [5.74, 6) is 0.470. The second-order valence-corrected chi connectivity index (χ2v) is 3.54. The average molecular weight is 262 g/mol. The first-order valence-electron chi connectivity index (χ1n) is 5.91. The highest BCUT2D eigenvalue weighted by molar-refractivity contribution is 5.88. The van der Waals surface area contributed by atoms with E-state index in [0.717, 1.165) is 0 Å². The maximum absolute atomic E-state index is 11.5. The van der Waals surface area contributed by atoms with E-state index in [9.17, 15) is 4.79 Å². The monoisotopic (exact) mass is 262 g/mol. The van der Waals surface area contributed by atoms with Crippen LogP contribution in [0.2, 0.25) is 0 Å². The zero-order valence-electron chi connectivity index (χ0n) is 10.7. The van der Waals surface area contributed by atoms with E-state index in [2.05, 4.69) is 15.1 Å². The van der Waals surface area contributed by atoms with Crippen molar-refractivity contribution < 1.29 is 14.3 Å². The van der Waals surface area contributed by atoms with Crippen molar-refractivity contribution in [1.82, 2.24) is 19.7 Å². The molecule has 7 nitrogen and oxygen atoms in total. The van der Waals surface area contributed by atoms with Crippen molar-refractivity contribution in [3.05, 3.63) is 30.4 Å². The van der Waals surface area contributed by atoms with Crippen molar-refractivity contribution in [3.63, 3.8) is 0 Å². The quantitative estimate of drug-likeness (QED) is 0.754. The molecule has 0 unspecified atom stereocenters. The van der Waals surface area contributed by atoms with Gasteiger partial charge in [-0.1, -0.05) is 0 Å². The molecule has 2 aromatic heterocycles. The highest BCUT2D eigenvalue weighted by atomic mass is 16.5. The highest BCUT2D eigenvalue weighted by Crippen LogP contribution is 2.10. The summed E-state index contributed by atoms with van der Waals surface area (Å²) in [4.78, 5) is 19.7. The van der Waals surface area contributed by atoms with Gasteiger partial charge in [-0.25, -0.2) is 9.48 Å². The number of ether oxygens (including phenoxy) is 2. The lowest BCUT2D eigenvalue weighted by Gasteiger charge is -2.03. The number of hydrogen-bond acceptors (Lipinski definition) is 6. The summed E-state index contributed by atoms with van der Waals surface area (Å²) in [6.07, 6.45) is 6.01. The Kier molecular flexibility index (Phi) is 4.07. The SMILES string of the molecule is CCOC(=O)c1cnn(-c2cncc(OCC)n2)c1. The van der Waals surface area contributed by atoms with Crippen molar-refractivity contribution in [3.8, 4) is 11.7 Å². The molecule has 0 spiro atoms. The van der Waals surface area contributed by atoms with Crippen LogP contribution >= 0.6 is 0 Å². The van der Waals surface area contributed by atoms with Crippen LogP contribution in [0.15, 0.2) is 24.8 Å². The standard InChI is InChI=1S/C12H14N4O3/c1-3-18-11-7-13-6-10(15-11)16-8-9(5-14-16)12(17)19-4-2/h5-8H,3-4H2,1-2H3. The Morgan fingerprint density at radius 2 is 2.11 bits per heavy atom. The lowest BCUT2D eigenvalue weighted by Crippen LogP contribution is -2.04. The molecule has 0 aromatic carbocycles. The fourth-order valence-corrected chi connectivity index (χ4v) is 1.43. The van der Waals surface area contributed by atoms with Crippen LogP contribution in [-0.4, -0.2) is 38.9 Å². The molecule has 0 bridgehead atoms. The van der Waals surface area contributed by atoms with Crippen LogP contribution in [-0.2, 0) is 4.74 Å². The smallest absolute Gasteiger partial charge is 0.341 e. The van der Waals surface area contributed by atoms with E-state index in [-0.39, 0.29) is 0 Å². The van der Waals surface area contributed by atoms with E-state index >= 15 is 0 Å². The molecule has 0 radical (unpaired) electrons. The van der Waals surface area contributed by atoms with Gasteiger partial charge in [-0.05, 0) is 13.8 Å². The van der Waals surface area contributed by atoms with Gasteiger partial charge in [0.25, 0.3) is 0 Å². The van der Waals surface area contributed by atoms with Crippen molar-refractivity contribution >= 4 is 5.97 Å². The van der Waals surface area contributed by atoms with E-state index in [1.807, 2.05) is 6.92 Å². The Bertz CT molecular complexity index is 568. The molecule has 0 aliphatic rings. The van der Waals surface area contributed by atoms with Crippen molar-refractivity contribution in [2.75, 3.05) is 13.2 Å². The molecule has 0 fully saturated rings. The molecule has 7 heteroatoms. The fraction of sp³-hybridized carbons (Fsp3) is 0.333. The summed E-state index contributed by atoms with van der Waals surface area (Å²) < 4.78 is 11.6. The fourth-order valence-electron chi connectivity index (χ4n) is 1.43. The van der Waals surface area contributed by atoms with Crippen molar-refractivity contribution in [2.45, 2.75) is 13.8 Å². The molecule has 19 heavy (non-hydrogen) atoms. The third-order valence-corrected chi connectivity index (χ3v) is 2.22. The van der Waals surface area contributed by atoms with Crippen LogP contribution in [0.3, 0.4) is 0 Å². The Hall–Kier alpha value is -2.44. The molecule has 2 rings (SSSR count). The zero-order valence-corrected chi connectivity index (χ0v) is 10.7. The molecule has 2 heterocycles. The van der Waals surface area contributed by atoms with Crippen molar-refractivity contribution in [2.24, 2.45) is 0 Å². The second kappa shape index (κ2) is 5.94. The molecule has 0 aliphatic carbocycles. The van der Waals surface area contributed by atoms with Gasteiger partial charge in [-0.3, -0.25) is 4.98 Å². The van der Waals surface area contributed by atoms with Gasteiger partial charge in [-0.2, -0.15) is 10.1 Å². The van der Waals surface area contributed by atoms with E-state index < -0.39 is 5.97 Å². The average Bonchev–Trinajstić information content (AvgIpc) is 2.89. The third-order valence-electron chi connectivity index (χ3n) is 2.22. The van der Waals surface area contributed by atoms with E-state index in [1.165, 1.54) is 29.5 Å². The van der Waals surface area contributed by atoms with Crippen LogP contribution < -0.4 is 4.74 Å². The van der Waals surface area contributed by atoms with Crippen LogP contribution in [0.25, 0.3) is 5.82 Å². The first-order valence-corrected chi connectivity index (χ1v) is 5.91. The minimum atomic E-state index is -0.414. The van der Waals surface area contributed by atoms with Crippen LogP contribution in [0.5, 0.6) is 5.88 Å². The predicted octanol–water partition coefficient (Wildman–Crippen LogP) is 1.24. The minimum Gasteiger partial charge on any atom is -0.477 e. The van der Waals surface area contributed by atoms with Gasteiger partial charge in [0, 0.05) is 6.20 Å². The topological polar surface area (TPSA) is 79.1 Å². The maximum Gasteiger partial charge on any atom is 0.341 e. The molecule has 0 atom stereocenters. The molecule has 100 valence electrons. The number of esters is 1. The summed E-state index contributed by atoms with van der Waals surface area (Å²) in [6.45, 7) is 4.44. The minimum absolute atomic E-state index is 0.323. The molecule has 0 saturated carbocycles. The Morgan fingerprint density at radius 3 is 2.84 bits per heavy atom. The zero-order chi connectivity index (χ0) is 13.7. The molecule has 0 aliphatic heterocycles. The molecular formula is C12H14N4O3. The van der Waals surface area contributed by atoms with Gasteiger partial charge in [-0.15, -0.1) is 0 Å². The van der Waals surface area contributed by atoms with Gasteiger partial charge in [0.05, 0.1) is 37.4 Å². The van der Waals surface area contributed by atoms with Gasteiger partial charge >= 0.3 is 5.97 Å². The van der Waals surface area contributed by atoms with E-state index in [0.29, 0.717) is 30.5 Å². The molecule has 0 amide bonds. The molecule has 2 aromatic rings. The Morgan fingerprint density at radius 1 is 1.26 bits per heavy atom. The second-order valence-electron chi connectivity index (χ2n) is 3.54. The molecule has 0 saturated heterocycles. The number of hydrogen-bond donors (Lipinski definition) is 0. The van der Waals surface area contributed by atoms with E-state index in [4.69, 9.17) is 9.47 Å². The lowest BCUT2D eigenvalue weighted by molar-refractivity contribution is 0.0526. The van der Waals surface area contributed by atoms with E-state index in [1.54, 1.807) is 6.92 Å². The van der Waals surface area contributed by atoms with Crippen LogP contribution in [0.4, 0.5) is 0 Å². The van der Waals surface area contributed by atoms with Crippen molar-refractivity contribution in [1.29, 1.82) is 0 Å². The highest BCUT2D eigenvalue weighted by Gasteiger charge is 2.11. The summed E-state index contributed by atoms with van der Waals surface area (Å²) in [5, 5.41) is 4.05. The number of nitrogens with zero attached hydrogens (tertiary/aromatic N) is 4. The first-order chi connectivity index (χ1) is 9.24. The number of carbonyl (C=O) groups excluding carboxylic acids is 1. The summed E-state index contributed by atoms with van der Waals surface area (Å²) >= 11 is 0. The Labute approximate surface area is 110 Å². The van der Waals surface area contributed by atoms with Gasteiger partial charge in [0.2, 0.25) is 5.88 Å². The number of carbonyl (C=O) groups is 1. The normalized spacial score (nSPS) is 10.2. The van der Waals surface area contributed by atoms with Crippen LogP contribution in [0, 0.1) is 0 Å². The van der Waals surface area contributed by atoms with Gasteiger partial charge in [0.15, 0.2) is 5.82 Å². The third kappa shape index (κ3) is 3.06.